The maximum absolute atomic E-state index is 12.5. The van der Waals surface area contributed by atoms with Gasteiger partial charge in [-0.05, 0) is 137 Å². The quantitative estimate of drug-likeness (QED) is 0.0141. The summed E-state index contributed by atoms with van der Waals surface area (Å²) >= 11 is 0. The van der Waals surface area contributed by atoms with E-state index in [1.54, 1.807) is 35.0 Å². The van der Waals surface area contributed by atoms with Gasteiger partial charge in [-0.15, -0.1) is 8.57 Å². The van der Waals surface area contributed by atoms with Crippen molar-refractivity contribution in [1.82, 2.24) is 70.4 Å². The molecular formula is C68H107N15O21P2S2W2. The Kier molecular flexibility index (Phi) is 30.2. The van der Waals surface area contributed by atoms with Crippen molar-refractivity contribution in [3.8, 4) is 6.42 Å². The van der Waals surface area contributed by atoms with Gasteiger partial charge in [-0.3, -0.25) is 24.0 Å². The van der Waals surface area contributed by atoms with Gasteiger partial charge in [0, 0.05) is 90.9 Å². The van der Waals surface area contributed by atoms with Gasteiger partial charge in [-0.1, -0.05) is 69.3 Å². The summed E-state index contributed by atoms with van der Waals surface area (Å²) in [6.07, 6.45) is 26.4. The molecule has 14 heterocycles. The summed E-state index contributed by atoms with van der Waals surface area (Å²) in [5.74, 6) is 3.02. The molecule has 110 heavy (non-hydrogen) atoms. The smallest absolute Gasteiger partial charge is 0.697 e. The Morgan fingerprint density at radius 2 is 0.773 bits per heavy atom. The molecule has 15 fully saturated rings. The number of nitrogens with zero attached hydrogens (tertiary/aromatic N) is 15. The summed E-state index contributed by atoms with van der Waals surface area (Å²) in [6.45, 7) is 10.3. The summed E-state index contributed by atoms with van der Waals surface area (Å²) in [5, 5.41) is 43.5. The number of carbonyl (C=O) groups excluding carboxylic acids is 5. The molecule has 7 unspecified atom stereocenters. The molecule has 0 radical (unpaired) electrons. The molecule has 5 spiro atoms. The third-order valence-electron chi connectivity index (χ3n) is 23.9. The second-order valence-electron chi connectivity index (χ2n) is 29.4. The average molecular weight is 1960 g/mol. The molecule has 36 nitrogen and oxygen atoms in total. The number of hydrogen-bond acceptors (Lipinski definition) is 24. The fraction of sp³-hybridized carbons (Fsp3) is 0.691. The first-order chi connectivity index (χ1) is 48.1. The number of carbonyl (C=O) groups is 5. The molecule has 12 atom stereocenters. The van der Waals surface area contributed by atoms with E-state index >= 15 is 0 Å². The first kappa shape index (κ1) is 94.7. The first-order valence-corrected chi connectivity index (χ1v) is 36.7. The standard InChI is InChI=1S/C13H17N3O6S.2C13H17N3O3.C12H15N3O6S.C10H15N3O3.C2H.4CH4.CH3.2H3P.2W/c1-2-8-5-9(14-21-8)10-6-13(3-4-13)11-7-15(10)12(17)16(11)22-23(18,19)20;1-8-5-9(14-19-8)10-6-13(3-4-13)11-7-15(10)12(17)16(11)18-2;1-2-8-5-9(14-19-8)10-6-13(3-4-13)11-7-15(10)12(17)16(11)18;1-7-4-8(13-20-7)9-5-12(2-3-12)10-6-14(9)11(16)15(10)21-22(17,18)19;1-16-13-8-6-12(9(13)14)7(5-11-15)4-10(8)2-3-10;1-2;;;;;;;;;/h5,10-11H,2-4,6-7H2,1H3,(H,18,19,20);5,10-11H,3-4,6-7H2,1-2H3;5,10-11,18H,2-4,6-7H2,1H3;4,9-10H,2-3,5-6H2,1H3,(H,17,18,19);5,7-8,15H,2-4,6H2,1H3;1H;4*1H4;3*1H3;;/q;;;;;-1;;;;;-1;;;;+2/b;;;;11-5+;;;;;;;;;;/t3*10-,11?;9-,10?;7-,8?;;;;;;;;;;/m00000........../s1. The Morgan fingerprint density at radius 3 is 1.06 bits per heavy atom. The predicted molar refractivity (Wildman–Crippen MR) is 394 cm³/mol. The molecule has 10 aliphatic heterocycles. The number of rotatable bonds is 13. The van der Waals surface area contributed by atoms with Crippen LogP contribution in [0.5, 0.6) is 0 Å². The van der Waals surface area contributed by atoms with Gasteiger partial charge in [-0.25, -0.2) is 29.0 Å². The normalized spacial score (nSPS) is 27.9. The molecule has 4 aromatic rings. The summed E-state index contributed by atoms with van der Waals surface area (Å²) in [5.41, 5.74) is 3.21. The number of oxime groups is 1. The second kappa shape index (κ2) is 35.0. The number of hydroxylamine groups is 10. The van der Waals surface area contributed by atoms with Crippen LogP contribution in [-0.4, -0.2) is 226 Å². The number of aryl methyl sites for hydroxylation is 4. The number of aromatic nitrogens is 4. The molecule has 19 rings (SSSR count). The van der Waals surface area contributed by atoms with Crippen molar-refractivity contribution in [2.45, 2.75) is 227 Å². The fourth-order valence-electron chi connectivity index (χ4n) is 17.7. The van der Waals surface area contributed by atoms with E-state index in [0.29, 0.717) is 62.6 Å². The van der Waals surface area contributed by atoms with Crippen molar-refractivity contribution < 1.29 is 139 Å². The van der Waals surface area contributed by atoms with Gasteiger partial charge in [0.25, 0.3) is 0 Å². The van der Waals surface area contributed by atoms with E-state index in [2.05, 4.69) is 40.8 Å². The Labute approximate surface area is 678 Å². The minimum absolute atomic E-state index is 0. The van der Waals surface area contributed by atoms with E-state index < -0.39 is 32.9 Å². The van der Waals surface area contributed by atoms with Crippen LogP contribution in [-0.2, 0) is 94.0 Å². The van der Waals surface area contributed by atoms with Gasteiger partial charge >= 0.3 is 72.0 Å². The van der Waals surface area contributed by atoms with Gasteiger partial charge in [0.1, 0.15) is 45.8 Å². The molecule has 4 N–H and O–H groups in total. The Balaban J connectivity index is 0.000000241. The zero-order valence-corrected chi connectivity index (χ0v) is 70.1. The molecule has 5 saturated carbocycles. The summed E-state index contributed by atoms with van der Waals surface area (Å²) in [6, 6.07) is 4.88. The predicted octanol–water partition coefficient (Wildman–Crippen LogP) is 10.2. The van der Waals surface area contributed by atoms with Crippen LogP contribution in [0.4, 0.5) is 24.0 Å². The van der Waals surface area contributed by atoms with E-state index in [9.17, 15) is 46.0 Å². The third kappa shape index (κ3) is 17.1. The first-order valence-electron chi connectivity index (χ1n) is 34.0. The van der Waals surface area contributed by atoms with Crippen LogP contribution >= 0.6 is 19.8 Å². The summed E-state index contributed by atoms with van der Waals surface area (Å²) in [7, 11) is -6.37. The SMILES string of the molecule is C.C.C.C.CCc1cc([C@@H]2CC3(CC3)C3CN2C(=O)N3O)no1.CCc1cc([C@@H]2CC3(CC3)C3CN2C(=O)N3OS(=O)(=O)O)no1.CON1C(=O)N2CC1C1(CC1)C[C@H]2/C=N/O.CON1C(=O)N2CC1C1(CC1)C[C@H]2c1cc(C)on1.Cc1cc([C@@H]2CC3(CC3)C3CN2C(=O)N3OS(=O)(=O)O)no1.P.P.[C-]#C.[CH3-].[W+2].[W]. The van der Waals surface area contributed by atoms with Crippen molar-refractivity contribution in [3.63, 3.8) is 0 Å². The van der Waals surface area contributed by atoms with Crippen LogP contribution in [0.2, 0.25) is 0 Å². The number of urea groups is 5. The number of fused-ring (bicyclic) bond motifs is 15. The molecule has 15 aliphatic rings. The molecule has 5 aliphatic carbocycles. The van der Waals surface area contributed by atoms with Crippen molar-refractivity contribution >= 4 is 77.0 Å². The van der Waals surface area contributed by atoms with E-state index in [0.717, 1.165) is 127 Å². The van der Waals surface area contributed by atoms with E-state index in [1.165, 1.54) is 41.0 Å². The molecule has 42 heteroatoms. The molecule has 4 aromatic heterocycles. The molecule has 10 saturated heterocycles. The van der Waals surface area contributed by atoms with Crippen LogP contribution in [0.25, 0.3) is 0 Å². The molecule has 0 aromatic carbocycles. The van der Waals surface area contributed by atoms with E-state index in [1.807, 2.05) is 43.9 Å². The zero-order valence-electron chi connectivity index (χ0n) is 59.8. The van der Waals surface area contributed by atoms with Gasteiger partial charge in [0.2, 0.25) is 0 Å². The molecule has 10 bridgehead atoms. The Hall–Kier alpha value is -5.92. The minimum Gasteiger partial charge on any atom is -0.697 e. The van der Waals surface area contributed by atoms with Crippen LogP contribution in [0.1, 0.15) is 210 Å². The maximum atomic E-state index is 12.5. The Morgan fingerprint density at radius 1 is 0.500 bits per heavy atom. The van der Waals surface area contributed by atoms with Crippen LogP contribution in [0, 0.1) is 61.2 Å². The van der Waals surface area contributed by atoms with Crippen LogP contribution in [0.15, 0.2) is 47.5 Å². The van der Waals surface area contributed by atoms with Gasteiger partial charge in [0.05, 0.1) is 80.9 Å². The van der Waals surface area contributed by atoms with E-state index in [4.69, 9.17) is 48.5 Å². The van der Waals surface area contributed by atoms with Crippen molar-refractivity contribution in [2.24, 2.45) is 32.2 Å². The number of amides is 10. The molecule has 614 valence electrons. The number of terminal acetylenes is 1. The van der Waals surface area contributed by atoms with E-state index in [-0.39, 0.29) is 205 Å². The van der Waals surface area contributed by atoms with Crippen molar-refractivity contribution in [3.05, 3.63) is 83.9 Å². The monoisotopic (exact) mass is 1960 g/mol. The van der Waals surface area contributed by atoms with Gasteiger partial charge in [-0.2, -0.15) is 56.9 Å². The minimum atomic E-state index is -4.74. The second-order valence-corrected chi connectivity index (χ2v) is 31.4. The average Bonchev–Trinajstić information content (AvgIpc) is 1.54. The van der Waals surface area contributed by atoms with Crippen LogP contribution < -0.4 is 0 Å². The van der Waals surface area contributed by atoms with Crippen molar-refractivity contribution in [1.29, 1.82) is 0 Å². The van der Waals surface area contributed by atoms with Crippen LogP contribution in [0.3, 0.4) is 0 Å². The van der Waals surface area contributed by atoms with Crippen molar-refractivity contribution in [2.75, 3.05) is 46.9 Å². The maximum Gasteiger partial charge on any atom is 2.00 e. The topological polar surface area (TPSA) is 420 Å². The third-order valence-corrected chi connectivity index (χ3v) is 24.6. The fourth-order valence-corrected chi connectivity index (χ4v) is 18.4. The molecule has 10 amide bonds. The molecular weight excluding hydrogens is 1860 g/mol. The zero-order chi connectivity index (χ0) is 71.8. The largest absolute Gasteiger partial charge is 2.00 e. The summed E-state index contributed by atoms with van der Waals surface area (Å²) in [4.78, 5) is 80.4. The van der Waals surface area contributed by atoms with Gasteiger partial charge < -0.3 is 68.1 Å². The summed E-state index contributed by atoms with van der Waals surface area (Å²) < 4.78 is 91.7. The Bertz CT molecular complexity index is 4190. The number of hydrogen-bond donors (Lipinski definition) is 4. The van der Waals surface area contributed by atoms with Gasteiger partial charge in [0.15, 0.2) is 0 Å². The number of piperidine rings is 5.